The largest absolute Gasteiger partial charge is 0.456 e. The zero-order valence-electron chi connectivity index (χ0n) is 21.3. The number of para-hydroxylation sites is 4. The maximum Gasteiger partial charge on any atom is 0.137 e. The Bertz CT molecular complexity index is 2510. The number of furan rings is 1. The molecule has 0 saturated carbocycles. The Morgan fingerprint density at radius 1 is 0.450 bits per heavy atom. The van der Waals surface area contributed by atoms with Crippen LogP contribution in [0, 0.1) is 0 Å². The maximum absolute atomic E-state index is 6.34. The molecule has 0 saturated heterocycles. The summed E-state index contributed by atoms with van der Waals surface area (Å²) in [6.45, 7) is 0. The van der Waals surface area contributed by atoms with Gasteiger partial charge in [0.25, 0.3) is 0 Å². The summed E-state index contributed by atoms with van der Waals surface area (Å²) in [4.78, 5) is 2.47. The standard InChI is InChI=1S/C36H20N2OS/c1-5-17-30-25(10-1)33-31(39-30)20-19-23-22-11-7-15-28-34(22)38(35(23)33)27-14-4-3-13-26(27)37(28)29-16-8-12-24-21-9-2-6-18-32(21)40-36(24)29/h1-20H. The van der Waals surface area contributed by atoms with Gasteiger partial charge in [-0.2, -0.15) is 0 Å². The summed E-state index contributed by atoms with van der Waals surface area (Å²) < 4.78 is 11.4. The first kappa shape index (κ1) is 20.8. The predicted octanol–water partition coefficient (Wildman–Crippen LogP) is 10.8. The quantitative estimate of drug-likeness (QED) is 0.211. The first-order valence-electron chi connectivity index (χ1n) is 13.5. The van der Waals surface area contributed by atoms with Gasteiger partial charge in [-0.05, 0) is 48.5 Å². The van der Waals surface area contributed by atoms with Crippen LogP contribution in [0.3, 0.4) is 0 Å². The second-order valence-electron chi connectivity index (χ2n) is 10.5. The zero-order chi connectivity index (χ0) is 25.9. The number of anilines is 3. The Hall–Kier alpha value is -5.06. The van der Waals surface area contributed by atoms with Crippen molar-refractivity contribution in [1.82, 2.24) is 4.57 Å². The molecule has 6 aromatic carbocycles. The number of rotatable bonds is 1. The lowest BCUT2D eigenvalue weighted by Crippen LogP contribution is -2.18. The van der Waals surface area contributed by atoms with E-state index in [9.17, 15) is 0 Å². The number of fused-ring (bicyclic) bond motifs is 12. The number of nitrogens with zero attached hydrogens (tertiary/aromatic N) is 2. The van der Waals surface area contributed by atoms with Crippen LogP contribution in [0.25, 0.3) is 69.6 Å². The van der Waals surface area contributed by atoms with Crippen LogP contribution < -0.4 is 4.90 Å². The predicted molar refractivity (Wildman–Crippen MR) is 169 cm³/mol. The lowest BCUT2D eigenvalue weighted by atomic mass is 10.1. The summed E-state index contributed by atoms with van der Waals surface area (Å²) >= 11 is 1.88. The molecule has 40 heavy (non-hydrogen) atoms. The Labute approximate surface area is 232 Å². The highest BCUT2D eigenvalue weighted by molar-refractivity contribution is 7.26. The second kappa shape index (κ2) is 7.32. The molecule has 4 heteroatoms. The summed E-state index contributed by atoms with van der Waals surface area (Å²) in [6.07, 6.45) is 0. The van der Waals surface area contributed by atoms with Crippen LogP contribution >= 0.6 is 11.3 Å². The van der Waals surface area contributed by atoms with Crippen molar-refractivity contribution in [1.29, 1.82) is 0 Å². The molecule has 3 nitrogen and oxygen atoms in total. The molecule has 0 atom stereocenters. The van der Waals surface area contributed by atoms with Crippen molar-refractivity contribution in [2.75, 3.05) is 4.90 Å². The van der Waals surface area contributed by atoms with Gasteiger partial charge in [0.1, 0.15) is 11.2 Å². The number of hydrogen-bond donors (Lipinski definition) is 0. The van der Waals surface area contributed by atoms with Crippen LogP contribution in [0.2, 0.25) is 0 Å². The van der Waals surface area contributed by atoms with Crippen LogP contribution in [0.1, 0.15) is 0 Å². The highest BCUT2D eigenvalue weighted by Crippen LogP contribution is 2.53. The molecule has 1 aliphatic rings. The molecule has 9 aromatic rings. The van der Waals surface area contributed by atoms with Crippen molar-refractivity contribution < 1.29 is 4.42 Å². The third kappa shape index (κ3) is 2.46. The second-order valence-corrected chi connectivity index (χ2v) is 11.6. The van der Waals surface area contributed by atoms with Gasteiger partial charge in [-0.25, -0.2) is 0 Å². The Morgan fingerprint density at radius 3 is 2.05 bits per heavy atom. The molecule has 0 N–H and O–H groups in total. The van der Waals surface area contributed by atoms with Crippen molar-refractivity contribution in [3.05, 3.63) is 121 Å². The number of aromatic nitrogens is 1. The molecular formula is C36H20N2OS. The molecule has 0 radical (unpaired) electrons. The molecule has 3 aromatic heterocycles. The van der Waals surface area contributed by atoms with Crippen molar-refractivity contribution in [2.24, 2.45) is 0 Å². The first-order valence-corrected chi connectivity index (χ1v) is 14.4. The highest BCUT2D eigenvalue weighted by atomic mass is 32.1. The first-order chi connectivity index (χ1) is 19.9. The van der Waals surface area contributed by atoms with Gasteiger partial charge in [0.15, 0.2) is 0 Å². The van der Waals surface area contributed by atoms with Gasteiger partial charge in [0, 0.05) is 31.6 Å². The molecule has 4 heterocycles. The fourth-order valence-corrected chi connectivity index (χ4v) is 8.11. The number of thiophene rings is 1. The summed E-state index contributed by atoms with van der Waals surface area (Å²) in [6, 6.07) is 43.7. The van der Waals surface area contributed by atoms with Crippen LogP contribution in [-0.2, 0) is 0 Å². The van der Waals surface area contributed by atoms with E-state index in [1.54, 1.807) is 0 Å². The third-order valence-electron chi connectivity index (χ3n) is 8.50. The summed E-state index contributed by atoms with van der Waals surface area (Å²) in [5.74, 6) is 0. The summed E-state index contributed by atoms with van der Waals surface area (Å²) in [7, 11) is 0. The van der Waals surface area contributed by atoms with Crippen molar-refractivity contribution in [2.45, 2.75) is 0 Å². The lowest BCUT2D eigenvalue weighted by Gasteiger charge is -2.33. The fraction of sp³-hybridized carbons (Fsp3) is 0. The van der Waals surface area contributed by atoms with Crippen LogP contribution in [0.4, 0.5) is 17.1 Å². The number of benzene rings is 6. The van der Waals surface area contributed by atoms with E-state index in [2.05, 4.69) is 125 Å². The molecular weight excluding hydrogens is 508 g/mol. The smallest absolute Gasteiger partial charge is 0.137 e. The Balaban J connectivity index is 1.40. The summed E-state index contributed by atoms with van der Waals surface area (Å²) in [5, 5.41) is 7.44. The number of hydrogen-bond acceptors (Lipinski definition) is 3. The molecule has 0 fully saturated rings. The van der Waals surface area contributed by atoms with Crippen LogP contribution in [0.5, 0.6) is 0 Å². The van der Waals surface area contributed by atoms with Gasteiger partial charge in [-0.1, -0.05) is 72.8 Å². The average molecular weight is 529 g/mol. The topological polar surface area (TPSA) is 21.3 Å². The van der Waals surface area contributed by atoms with E-state index < -0.39 is 0 Å². The minimum atomic E-state index is 0.921. The van der Waals surface area contributed by atoms with Gasteiger partial charge >= 0.3 is 0 Å². The SMILES string of the molecule is c1ccc2c(c1)N(c1cccc3c1sc1ccccc13)c1cccc3c4ccc5oc6ccccc6c5c4n-2c13. The average Bonchev–Trinajstić information content (AvgIpc) is 3.68. The van der Waals surface area contributed by atoms with Gasteiger partial charge in [0.2, 0.25) is 0 Å². The normalized spacial score (nSPS) is 12.9. The maximum atomic E-state index is 6.34. The van der Waals surface area contributed by atoms with Gasteiger partial charge in [-0.15, -0.1) is 11.3 Å². The van der Waals surface area contributed by atoms with Crippen molar-refractivity contribution >= 4 is 92.3 Å². The molecule has 0 bridgehead atoms. The molecule has 1 aliphatic heterocycles. The van der Waals surface area contributed by atoms with Gasteiger partial charge in [-0.3, -0.25) is 0 Å². The van der Waals surface area contributed by atoms with Crippen molar-refractivity contribution in [3.63, 3.8) is 0 Å². The Kier molecular flexibility index (Phi) is 3.81. The van der Waals surface area contributed by atoms with Crippen LogP contribution in [0.15, 0.2) is 126 Å². The van der Waals surface area contributed by atoms with E-state index in [1.807, 2.05) is 17.4 Å². The molecule has 0 amide bonds. The van der Waals surface area contributed by atoms with Crippen molar-refractivity contribution in [3.8, 4) is 5.69 Å². The third-order valence-corrected chi connectivity index (χ3v) is 9.71. The fourth-order valence-electron chi connectivity index (χ4n) is 6.91. The minimum absolute atomic E-state index is 0.921. The van der Waals surface area contributed by atoms with Gasteiger partial charge < -0.3 is 13.9 Å². The Morgan fingerprint density at radius 2 is 1.12 bits per heavy atom. The van der Waals surface area contributed by atoms with E-state index in [1.165, 1.54) is 70.1 Å². The molecule has 0 unspecified atom stereocenters. The van der Waals surface area contributed by atoms with E-state index in [-0.39, 0.29) is 0 Å². The van der Waals surface area contributed by atoms with Gasteiger partial charge in [0.05, 0.1) is 43.9 Å². The summed E-state index contributed by atoms with van der Waals surface area (Å²) in [5.41, 5.74) is 9.04. The van der Waals surface area contributed by atoms with Crippen LogP contribution in [-0.4, -0.2) is 4.57 Å². The lowest BCUT2D eigenvalue weighted by molar-refractivity contribution is 0.669. The monoisotopic (exact) mass is 528 g/mol. The van der Waals surface area contributed by atoms with E-state index in [0.29, 0.717) is 0 Å². The molecule has 10 rings (SSSR count). The van der Waals surface area contributed by atoms with E-state index >= 15 is 0 Å². The molecule has 0 spiro atoms. The zero-order valence-corrected chi connectivity index (χ0v) is 22.1. The molecule has 186 valence electrons. The van der Waals surface area contributed by atoms with E-state index in [0.717, 1.165) is 16.6 Å². The molecule has 0 aliphatic carbocycles. The minimum Gasteiger partial charge on any atom is -0.456 e. The van der Waals surface area contributed by atoms with E-state index in [4.69, 9.17) is 4.42 Å². The highest BCUT2D eigenvalue weighted by Gasteiger charge is 2.30.